The average Bonchev–Trinajstić information content (AvgIpc) is 2.72. The molecule has 0 aliphatic rings. The van der Waals surface area contributed by atoms with Crippen LogP contribution in [0.2, 0.25) is 0 Å². The molecule has 0 aliphatic heterocycles. The number of pyridine rings is 2. The molecule has 0 spiro atoms. The fraction of sp³-hybridized carbons (Fsp3) is 0.348. The minimum atomic E-state index is -3.19. The standard InChI is InChI=1S/C23H27F2N7O/c1-13-9-21(31-22(28-13)23(4,24)25)30-19-11-20(29-15(3)33)27-12-17(19)18-10-16(7-8-26-18)14(2)32(5)6/h7-12,14H,1-6H3,(H2,27,28,29,30,31,33). The van der Waals surface area contributed by atoms with Crippen LogP contribution in [0.25, 0.3) is 11.3 Å². The Morgan fingerprint density at radius 1 is 1.12 bits per heavy atom. The number of nitrogens with one attached hydrogen (secondary N) is 2. The molecule has 0 aromatic carbocycles. The van der Waals surface area contributed by atoms with Crippen LogP contribution in [0.3, 0.4) is 0 Å². The van der Waals surface area contributed by atoms with Gasteiger partial charge in [-0.25, -0.2) is 15.0 Å². The van der Waals surface area contributed by atoms with Crippen LogP contribution in [0, 0.1) is 6.92 Å². The Morgan fingerprint density at radius 3 is 2.48 bits per heavy atom. The van der Waals surface area contributed by atoms with Gasteiger partial charge in [0.2, 0.25) is 11.7 Å². The van der Waals surface area contributed by atoms with Crippen molar-refractivity contribution in [3.63, 3.8) is 0 Å². The van der Waals surface area contributed by atoms with Gasteiger partial charge in [-0.3, -0.25) is 9.78 Å². The van der Waals surface area contributed by atoms with E-state index in [1.165, 1.54) is 6.92 Å². The topological polar surface area (TPSA) is 95.9 Å². The van der Waals surface area contributed by atoms with Crippen LogP contribution in [0.4, 0.5) is 26.1 Å². The maximum Gasteiger partial charge on any atom is 0.303 e. The molecule has 3 aromatic rings. The van der Waals surface area contributed by atoms with Crippen molar-refractivity contribution in [3.8, 4) is 11.3 Å². The number of aryl methyl sites for hydroxylation is 1. The second kappa shape index (κ2) is 9.53. The highest BCUT2D eigenvalue weighted by molar-refractivity contribution is 5.89. The Labute approximate surface area is 191 Å². The molecule has 3 heterocycles. The van der Waals surface area contributed by atoms with Gasteiger partial charge >= 0.3 is 5.92 Å². The molecule has 0 fully saturated rings. The number of rotatable bonds is 7. The quantitative estimate of drug-likeness (QED) is 0.534. The third-order valence-corrected chi connectivity index (χ3v) is 5.03. The maximum atomic E-state index is 13.9. The van der Waals surface area contributed by atoms with Crippen molar-refractivity contribution in [1.82, 2.24) is 24.8 Å². The lowest BCUT2D eigenvalue weighted by atomic mass is 10.0. The van der Waals surface area contributed by atoms with Crippen LogP contribution in [0.1, 0.15) is 43.9 Å². The molecule has 8 nitrogen and oxygen atoms in total. The molecule has 2 N–H and O–H groups in total. The first-order chi connectivity index (χ1) is 15.4. The molecular formula is C23H27F2N7O. The number of carbonyl (C=O) groups is 1. The van der Waals surface area contributed by atoms with Crippen molar-refractivity contribution in [3.05, 3.63) is 53.7 Å². The van der Waals surface area contributed by atoms with Gasteiger partial charge in [0.15, 0.2) is 0 Å². The molecule has 174 valence electrons. The predicted molar refractivity (Wildman–Crippen MR) is 123 cm³/mol. The summed E-state index contributed by atoms with van der Waals surface area (Å²) in [5, 5.41) is 5.71. The van der Waals surface area contributed by atoms with E-state index in [1.54, 1.807) is 31.5 Å². The van der Waals surface area contributed by atoms with E-state index in [4.69, 9.17) is 0 Å². The Morgan fingerprint density at radius 2 is 1.85 bits per heavy atom. The molecular weight excluding hydrogens is 428 g/mol. The molecule has 0 saturated heterocycles. The number of halogens is 2. The first-order valence-corrected chi connectivity index (χ1v) is 10.4. The minimum absolute atomic E-state index is 0.147. The van der Waals surface area contributed by atoms with Crippen LogP contribution in [0.15, 0.2) is 36.7 Å². The number of anilines is 3. The highest BCUT2D eigenvalue weighted by Gasteiger charge is 2.29. The summed E-state index contributed by atoms with van der Waals surface area (Å²) < 4.78 is 27.7. The molecule has 0 bridgehead atoms. The normalized spacial score (nSPS) is 12.5. The molecule has 3 rings (SSSR count). The van der Waals surface area contributed by atoms with Gasteiger partial charge in [0.05, 0.1) is 11.4 Å². The van der Waals surface area contributed by atoms with Gasteiger partial charge in [0.1, 0.15) is 11.6 Å². The number of carbonyl (C=O) groups excluding carboxylic acids is 1. The number of hydrogen-bond acceptors (Lipinski definition) is 7. The minimum Gasteiger partial charge on any atom is -0.339 e. The Hall–Kier alpha value is -3.53. The highest BCUT2D eigenvalue weighted by Crippen LogP contribution is 2.33. The van der Waals surface area contributed by atoms with E-state index in [0.29, 0.717) is 28.5 Å². The van der Waals surface area contributed by atoms with Crippen molar-refractivity contribution in [1.29, 1.82) is 0 Å². The van der Waals surface area contributed by atoms with Crippen LogP contribution in [-0.4, -0.2) is 44.8 Å². The molecule has 1 unspecified atom stereocenters. The van der Waals surface area contributed by atoms with Gasteiger partial charge in [-0.1, -0.05) is 0 Å². The lowest BCUT2D eigenvalue weighted by Gasteiger charge is -2.21. The van der Waals surface area contributed by atoms with Crippen molar-refractivity contribution in [2.75, 3.05) is 24.7 Å². The van der Waals surface area contributed by atoms with Crippen LogP contribution < -0.4 is 10.6 Å². The number of aromatic nitrogens is 4. The van der Waals surface area contributed by atoms with E-state index in [-0.39, 0.29) is 17.8 Å². The first kappa shape index (κ1) is 24.1. The van der Waals surface area contributed by atoms with Crippen molar-refractivity contribution in [2.45, 2.75) is 39.7 Å². The maximum absolute atomic E-state index is 13.9. The monoisotopic (exact) mass is 455 g/mol. The van der Waals surface area contributed by atoms with Crippen molar-refractivity contribution >= 4 is 23.2 Å². The molecule has 3 aromatic heterocycles. The lowest BCUT2D eigenvalue weighted by molar-refractivity contribution is -0.114. The number of alkyl halides is 2. The van der Waals surface area contributed by atoms with Gasteiger partial charge < -0.3 is 15.5 Å². The molecule has 10 heteroatoms. The van der Waals surface area contributed by atoms with Crippen LogP contribution in [0.5, 0.6) is 0 Å². The highest BCUT2D eigenvalue weighted by atomic mass is 19.3. The van der Waals surface area contributed by atoms with Crippen LogP contribution >= 0.6 is 0 Å². The van der Waals surface area contributed by atoms with Crippen molar-refractivity contribution < 1.29 is 13.6 Å². The second-order valence-corrected chi connectivity index (χ2v) is 8.14. The van der Waals surface area contributed by atoms with E-state index in [0.717, 1.165) is 12.5 Å². The van der Waals surface area contributed by atoms with Gasteiger partial charge in [-0.2, -0.15) is 8.78 Å². The summed E-state index contributed by atoms with van der Waals surface area (Å²) >= 11 is 0. The molecule has 0 radical (unpaired) electrons. The second-order valence-electron chi connectivity index (χ2n) is 8.14. The number of amides is 1. The van der Waals surface area contributed by atoms with Crippen LogP contribution in [-0.2, 0) is 10.7 Å². The lowest BCUT2D eigenvalue weighted by Crippen LogP contribution is -2.16. The van der Waals surface area contributed by atoms with E-state index in [2.05, 4.69) is 42.4 Å². The Bertz CT molecular complexity index is 1160. The Kier molecular flexibility index (Phi) is 6.97. The van der Waals surface area contributed by atoms with Gasteiger partial charge in [-0.05, 0) is 45.6 Å². The van der Waals surface area contributed by atoms with E-state index in [9.17, 15) is 13.6 Å². The largest absolute Gasteiger partial charge is 0.339 e. The summed E-state index contributed by atoms with van der Waals surface area (Å²) in [6, 6.07) is 7.21. The molecule has 0 aliphatic carbocycles. The number of hydrogen-bond donors (Lipinski definition) is 2. The van der Waals surface area contributed by atoms with E-state index in [1.807, 2.05) is 26.2 Å². The molecule has 0 saturated carbocycles. The zero-order valence-corrected chi connectivity index (χ0v) is 19.4. The summed E-state index contributed by atoms with van der Waals surface area (Å²) in [6.45, 7) is 5.82. The van der Waals surface area contributed by atoms with E-state index >= 15 is 0 Å². The summed E-state index contributed by atoms with van der Waals surface area (Å²) in [4.78, 5) is 30.2. The fourth-order valence-corrected chi connectivity index (χ4v) is 3.13. The summed E-state index contributed by atoms with van der Waals surface area (Å²) in [6.07, 6.45) is 3.28. The summed E-state index contributed by atoms with van der Waals surface area (Å²) in [7, 11) is 3.97. The third-order valence-electron chi connectivity index (χ3n) is 5.03. The average molecular weight is 456 g/mol. The third kappa shape index (κ3) is 6.04. The zero-order chi connectivity index (χ0) is 24.3. The predicted octanol–water partition coefficient (Wildman–Crippen LogP) is 4.68. The zero-order valence-electron chi connectivity index (χ0n) is 19.4. The van der Waals surface area contributed by atoms with Crippen molar-refractivity contribution in [2.24, 2.45) is 0 Å². The molecule has 33 heavy (non-hydrogen) atoms. The SMILES string of the molecule is CC(=O)Nc1cc(Nc2cc(C)nc(C(C)(F)F)n2)c(-c2cc(C(C)N(C)C)ccn2)cn1. The van der Waals surface area contributed by atoms with Gasteiger partial charge in [-0.15, -0.1) is 0 Å². The summed E-state index contributed by atoms with van der Waals surface area (Å²) in [5.41, 5.74) is 3.20. The summed E-state index contributed by atoms with van der Waals surface area (Å²) in [5.74, 6) is -3.56. The van der Waals surface area contributed by atoms with Gasteiger partial charge in [0.25, 0.3) is 0 Å². The molecule has 1 atom stereocenters. The van der Waals surface area contributed by atoms with Gasteiger partial charge in [0, 0.05) is 55.7 Å². The smallest absolute Gasteiger partial charge is 0.303 e. The number of nitrogens with zero attached hydrogens (tertiary/aromatic N) is 5. The Balaban J connectivity index is 2.10. The molecule has 1 amide bonds. The van der Waals surface area contributed by atoms with E-state index < -0.39 is 11.7 Å². The fourth-order valence-electron chi connectivity index (χ4n) is 3.13. The first-order valence-electron chi connectivity index (χ1n) is 10.4.